The monoisotopic (exact) mass is 400 g/mol. The highest BCUT2D eigenvalue weighted by Crippen LogP contribution is 2.25. The van der Waals surface area contributed by atoms with Gasteiger partial charge < -0.3 is 9.13 Å². The average Bonchev–Trinajstić information content (AvgIpc) is 2.77. The summed E-state index contributed by atoms with van der Waals surface area (Å²) in [7, 11) is 1.95. The van der Waals surface area contributed by atoms with Crippen LogP contribution in [0.3, 0.4) is 0 Å². The molecule has 2 heterocycles. The average molecular weight is 401 g/mol. The van der Waals surface area contributed by atoms with E-state index < -0.39 is 0 Å². The smallest absolute Gasteiger partial charge is 0.197 e. The van der Waals surface area contributed by atoms with Crippen LogP contribution in [0.15, 0.2) is 70.3 Å². The number of aromatic nitrogens is 2. The van der Waals surface area contributed by atoms with Gasteiger partial charge in [0.15, 0.2) is 10.9 Å². The van der Waals surface area contributed by atoms with Crippen LogP contribution in [0.2, 0.25) is 0 Å². The Morgan fingerprint density at radius 2 is 1.28 bits per heavy atom. The predicted molar refractivity (Wildman–Crippen MR) is 124 cm³/mol. The molecule has 144 valence electrons. The number of nitrogens with zero attached hydrogens (tertiary/aromatic N) is 2. The van der Waals surface area contributed by atoms with Crippen molar-refractivity contribution in [2.24, 2.45) is 7.05 Å². The molecule has 0 unspecified atom stereocenters. The fourth-order valence-electron chi connectivity index (χ4n) is 4.27. The molecule has 3 aromatic carbocycles. The first kappa shape index (κ1) is 18.0. The van der Waals surface area contributed by atoms with Gasteiger partial charge in [0.1, 0.15) is 0 Å². The lowest BCUT2D eigenvalue weighted by molar-refractivity contribution is 0.832. The third-order valence-corrected chi connectivity index (χ3v) is 6.31. The highest BCUT2D eigenvalue weighted by molar-refractivity contribution is 7.98. The van der Waals surface area contributed by atoms with E-state index in [2.05, 4.69) is 10.8 Å². The van der Waals surface area contributed by atoms with Gasteiger partial charge in [-0.3, -0.25) is 9.59 Å². The second-order valence-electron chi connectivity index (χ2n) is 7.28. The predicted octanol–water partition coefficient (Wildman–Crippen LogP) is 4.52. The first-order valence-electron chi connectivity index (χ1n) is 9.57. The molecule has 5 heteroatoms. The lowest BCUT2D eigenvalue weighted by atomic mass is 10.0. The number of rotatable bonds is 3. The van der Waals surface area contributed by atoms with E-state index in [4.69, 9.17) is 0 Å². The summed E-state index contributed by atoms with van der Waals surface area (Å²) in [6.07, 6.45) is 2.07. The van der Waals surface area contributed by atoms with Crippen LogP contribution in [-0.4, -0.2) is 21.1 Å². The number of thioether (sulfide) groups is 1. The van der Waals surface area contributed by atoms with Crippen LogP contribution in [-0.2, 0) is 13.6 Å². The second-order valence-corrected chi connectivity index (χ2v) is 8.27. The summed E-state index contributed by atoms with van der Waals surface area (Å²) >= 11 is 1.76. The van der Waals surface area contributed by atoms with Crippen molar-refractivity contribution in [3.8, 4) is 0 Å². The highest BCUT2D eigenvalue weighted by Gasteiger charge is 2.15. The normalized spacial score (nSPS) is 11.8. The summed E-state index contributed by atoms with van der Waals surface area (Å²) in [4.78, 5) is 26.6. The van der Waals surface area contributed by atoms with E-state index in [-0.39, 0.29) is 10.9 Å². The third kappa shape index (κ3) is 2.61. The third-order valence-electron chi connectivity index (χ3n) is 5.72. The molecule has 5 aromatic rings. The number of aryl methyl sites for hydroxylation is 2. The Morgan fingerprint density at radius 1 is 0.724 bits per heavy atom. The molecule has 0 amide bonds. The fraction of sp³-hybridized carbons (Fsp3) is 0.167. The standard InChI is InChI=1S/C24H20N2O2S/c1-25-19-9-5-3-7-15(19)23(27)17-14-22-18(13-21(17)25)24(28)16-8-4-6-10-20(16)26(22)11-12-29-2/h3-10,13-14H,11-12H2,1-2H3. The number of hydrogen-bond acceptors (Lipinski definition) is 3. The number of benzene rings is 3. The summed E-state index contributed by atoms with van der Waals surface area (Å²) in [6, 6.07) is 19.2. The molecule has 2 aromatic heterocycles. The maximum Gasteiger partial charge on any atom is 0.197 e. The number of fused-ring (bicyclic) bond motifs is 4. The summed E-state index contributed by atoms with van der Waals surface area (Å²) in [5.74, 6) is 0.926. The molecule has 0 aliphatic rings. The minimum atomic E-state index is 0.00706. The van der Waals surface area contributed by atoms with Gasteiger partial charge in [0.05, 0.1) is 22.1 Å². The molecule has 0 radical (unpaired) electrons. The zero-order valence-electron chi connectivity index (χ0n) is 16.3. The molecule has 0 bridgehead atoms. The van der Waals surface area contributed by atoms with E-state index >= 15 is 0 Å². The van der Waals surface area contributed by atoms with Gasteiger partial charge >= 0.3 is 0 Å². The van der Waals surface area contributed by atoms with Crippen molar-refractivity contribution in [1.29, 1.82) is 0 Å². The van der Waals surface area contributed by atoms with E-state index in [9.17, 15) is 9.59 Å². The van der Waals surface area contributed by atoms with E-state index in [1.54, 1.807) is 11.8 Å². The van der Waals surface area contributed by atoms with Crippen molar-refractivity contribution in [3.05, 3.63) is 81.1 Å². The second kappa shape index (κ2) is 6.78. The molecular weight excluding hydrogens is 380 g/mol. The van der Waals surface area contributed by atoms with Crippen LogP contribution in [0.5, 0.6) is 0 Å². The van der Waals surface area contributed by atoms with Gasteiger partial charge in [-0.1, -0.05) is 24.3 Å². The Balaban J connectivity index is 2.04. The topological polar surface area (TPSA) is 44.0 Å². The van der Waals surface area contributed by atoms with Gasteiger partial charge in [-0.25, -0.2) is 0 Å². The summed E-state index contributed by atoms with van der Waals surface area (Å²) in [6.45, 7) is 0.776. The van der Waals surface area contributed by atoms with Crippen molar-refractivity contribution in [2.75, 3.05) is 12.0 Å². The van der Waals surface area contributed by atoms with Crippen molar-refractivity contribution in [1.82, 2.24) is 9.13 Å². The molecule has 0 aliphatic heterocycles. The molecule has 0 N–H and O–H groups in total. The van der Waals surface area contributed by atoms with Gasteiger partial charge in [-0.15, -0.1) is 0 Å². The maximum absolute atomic E-state index is 13.3. The lowest BCUT2D eigenvalue weighted by Crippen LogP contribution is -2.15. The SMILES string of the molecule is CSCCn1c2ccccc2c(=O)c2cc3c(cc21)c(=O)c1ccccc1n3C. The lowest BCUT2D eigenvalue weighted by Gasteiger charge is -2.17. The van der Waals surface area contributed by atoms with E-state index in [0.717, 1.165) is 34.4 Å². The summed E-state index contributed by atoms with van der Waals surface area (Å²) < 4.78 is 4.18. The van der Waals surface area contributed by atoms with Gasteiger partial charge in [0.2, 0.25) is 0 Å². The zero-order valence-corrected chi connectivity index (χ0v) is 17.1. The first-order valence-corrected chi connectivity index (χ1v) is 11.0. The Labute approximate surface area is 171 Å². The first-order chi connectivity index (χ1) is 14.1. The van der Waals surface area contributed by atoms with Gasteiger partial charge in [0, 0.05) is 40.9 Å². The molecule has 5 rings (SSSR count). The molecule has 0 aliphatic carbocycles. The van der Waals surface area contributed by atoms with E-state index in [1.165, 1.54) is 0 Å². The Kier molecular flexibility index (Phi) is 4.21. The minimum Gasteiger partial charge on any atom is -0.343 e. The van der Waals surface area contributed by atoms with Gasteiger partial charge in [-0.2, -0.15) is 11.8 Å². The van der Waals surface area contributed by atoms with Crippen LogP contribution >= 0.6 is 11.8 Å². The molecule has 29 heavy (non-hydrogen) atoms. The Morgan fingerprint density at radius 3 is 1.97 bits per heavy atom. The van der Waals surface area contributed by atoms with Crippen LogP contribution in [0.25, 0.3) is 43.6 Å². The summed E-state index contributed by atoms with van der Waals surface area (Å²) in [5.41, 5.74) is 3.41. The largest absolute Gasteiger partial charge is 0.343 e. The summed E-state index contributed by atoms with van der Waals surface area (Å²) in [5, 5.41) is 2.71. The van der Waals surface area contributed by atoms with Crippen molar-refractivity contribution >= 4 is 55.4 Å². The molecule has 0 atom stereocenters. The van der Waals surface area contributed by atoms with E-state index in [0.29, 0.717) is 21.5 Å². The maximum atomic E-state index is 13.3. The Hall–Kier alpha value is -3.05. The van der Waals surface area contributed by atoms with Crippen LogP contribution < -0.4 is 10.9 Å². The zero-order chi connectivity index (χ0) is 20.1. The van der Waals surface area contributed by atoms with Crippen LogP contribution in [0.4, 0.5) is 0 Å². The molecule has 4 nitrogen and oxygen atoms in total. The van der Waals surface area contributed by atoms with Crippen molar-refractivity contribution in [2.45, 2.75) is 6.54 Å². The quantitative estimate of drug-likeness (QED) is 0.418. The van der Waals surface area contributed by atoms with Crippen LogP contribution in [0.1, 0.15) is 0 Å². The molecule has 0 saturated heterocycles. The number of pyridine rings is 2. The Bertz CT molecular complexity index is 1550. The number of hydrogen-bond donors (Lipinski definition) is 0. The minimum absolute atomic E-state index is 0.00706. The van der Waals surface area contributed by atoms with E-state index in [1.807, 2.05) is 72.3 Å². The fourth-order valence-corrected chi connectivity index (χ4v) is 4.64. The highest BCUT2D eigenvalue weighted by atomic mass is 32.2. The number of para-hydroxylation sites is 2. The van der Waals surface area contributed by atoms with Gasteiger partial charge in [-0.05, 0) is 42.7 Å². The molecular formula is C24H20N2O2S. The van der Waals surface area contributed by atoms with Crippen molar-refractivity contribution < 1.29 is 0 Å². The molecule has 0 fully saturated rings. The van der Waals surface area contributed by atoms with Gasteiger partial charge in [0.25, 0.3) is 0 Å². The molecule has 0 spiro atoms. The van der Waals surface area contributed by atoms with Crippen LogP contribution in [0, 0.1) is 0 Å². The van der Waals surface area contributed by atoms with Crippen molar-refractivity contribution in [3.63, 3.8) is 0 Å². The molecule has 0 saturated carbocycles.